The van der Waals surface area contributed by atoms with Gasteiger partial charge in [0.25, 0.3) is 0 Å². The standard InChI is InChI=1S/C12H15FN4O3S/c1-8-10(13)3-9(6-18)4-11(8)21(19,20)15-5-12-16-14-7-17(12)2/h3-4,7,15,18H,5-6H2,1-2H3. The normalized spacial score (nSPS) is 11.8. The lowest BCUT2D eigenvalue weighted by Gasteiger charge is -2.11. The summed E-state index contributed by atoms with van der Waals surface area (Å²) < 4.78 is 42.1. The van der Waals surface area contributed by atoms with Crippen LogP contribution in [0.15, 0.2) is 23.4 Å². The van der Waals surface area contributed by atoms with Crippen LogP contribution in [0.1, 0.15) is 17.0 Å². The molecule has 0 aliphatic carbocycles. The summed E-state index contributed by atoms with van der Waals surface area (Å²) >= 11 is 0. The van der Waals surface area contributed by atoms with Crippen LogP contribution in [0.4, 0.5) is 4.39 Å². The number of aryl methyl sites for hydroxylation is 1. The number of rotatable bonds is 5. The zero-order valence-electron chi connectivity index (χ0n) is 11.5. The average molecular weight is 314 g/mol. The number of aliphatic hydroxyl groups is 1. The second kappa shape index (κ2) is 5.88. The van der Waals surface area contributed by atoms with Crippen molar-refractivity contribution in [2.24, 2.45) is 7.05 Å². The van der Waals surface area contributed by atoms with E-state index in [0.29, 0.717) is 5.82 Å². The Morgan fingerprint density at radius 2 is 2.14 bits per heavy atom. The van der Waals surface area contributed by atoms with Crippen molar-refractivity contribution in [3.8, 4) is 0 Å². The van der Waals surface area contributed by atoms with E-state index in [0.717, 1.165) is 6.07 Å². The van der Waals surface area contributed by atoms with Gasteiger partial charge in [-0.2, -0.15) is 0 Å². The second-order valence-corrected chi connectivity index (χ2v) is 6.28. The molecule has 1 aromatic heterocycles. The molecule has 21 heavy (non-hydrogen) atoms. The molecule has 0 atom stereocenters. The van der Waals surface area contributed by atoms with E-state index in [1.807, 2.05) is 0 Å². The Morgan fingerprint density at radius 1 is 1.43 bits per heavy atom. The van der Waals surface area contributed by atoms with Crippen LogP contribution >= 0.6 is 0 Å². The lowest BCUT2D eigenvalue weighted by Crippen LogP contribution is -2.26. The summed E-state index contributed by atoms with van der Waals surface area (Å²) in [6, 6.07) is 2.36. The number of aromatic nitrogens is 3. The fourth-order valence-electron chi connectivity index (χ4n) is 1.78. The summed E-state index contributed by atoms with van der Waals surface area (Å²) in [4.78, 5) is -0.200. The first-order valence-corrected chi connectivity index (χ1v) is 7.56. The molecule has 0 amide bonds. The Hall–Kier alpha value is -1.84. The zero-order valence-corrected chi connectivity index (χ0v) is 12.4. The molecule has 0 saturated carbocycles. The maximum absolute atomic E-state index is 13.7. The van der Waals surface area contributed by atoms with E-state index in [-0.39, 0.29) is 22.6 Å². The van der Waals surface area contributed by atoms with Gasteiger partial charge in [-0.15, -0.1) is 10.2 Å². The Kier molecular flexibility index (Phi) is 4.35. The molecule has 0 bridgehead atoms. The summed E-state index contributed by atoms with van der Waals surface area (Å²) in [7, 11) is -2.24. The third-order valence-electron chi connectivity index (χ3n) is 3.05. The van der Waals surface area contributed by atoms with Crippen LogP contribution in [-0.2, 0) is 30.2 Å². The molecule has 0 radical (unpaired) electrons. The Labute approximate surface area is 121 Å². The number of halogens is 1. The van der Waals surface area contributed by atoms with Gasteiger partial charge in [0, 0.05) is 12.6 Å². The van der Waals surface area contributed by atoms with Crippen LogP contribution in [0.25, 0.3) is 0 Å². The third kappa shape index (κ3) is 3.26. The van der Waals surface area contributed by atoms with Gasteiger partial charge < -0.3 is 9.67 Å². The fraction of sp³-hybridized carbons (Fsp3) is 0.333. The van der Waals surface area contributed by atoms with Crippen LogP contribution < -0.4 is 4.72 Å². The van der Waals surface area contributed by atoms with E-state index in [1.165, 1.54) is 19.3 Å². The molecule has 0 aliphatic rings. The molecule has 0 saturated heterocycles. The van der Waals surface area contributed by atoms with Crippen LogP contribution in [-0.4, -0.2) is 28.3 Å². The minimum atomic E-state index is -3.92. The molecule has 2 aromatic rings. The molecule has 7 nitrogen and oxygen atoms in total. The van der Waals surface area contributed by atoms with Gasteiger partial charge in [-0.1, -0.05) is 0 Å². The predicted octanol–water partition coefficient (Wildman–Crippen LogP) is 0.233. The van der Waals surface area contributed by atoms with Crippen molar-refractivity contribution in [1.82, 2.24) is 19.5 Å². The van der Waals surface area contributed by atoms with Gasteiger partial charge >= 0.3 is 0 Å². The van der Waals surface area contributed by atoms with Crippen LogP contribution in [0.2, 0.25) is 0 Å². The highest BCUT2D eigenvalue weighted by molar-refractivity contribution is 7.89. The Bertz CT molecular complexity index is 758. The lowest BCUT2D eigenvalue weighted by atomic mass is 10.1. The summed E-state index contributed by atoms with van der Waals surface area (Å²) in [5.41, 5.74) is 0.190. The first-order chi connectivity index (χ1) is 9.85. The topological polar surface area (TPSA) is 97.1 Å². The molecule has 2 N–H and O–H groups in total. The average Bonchev–Trinajstić information content (AvgIpc) is 2.84. The minimum absolute atomic E-state index is 0.00216. The van der Waals surface area contributed by atoms with Gasteiger partial charge in [-0.3, -0.25) is 0 Å². The van der Waals surface area contributed by atoms with Crippen LogP contribution in [0.3, 0.4) is 0 Å². The number of aliphatic hydroxyl groups excluding tert-OH is 1. The Morgan fingerprint density at radius 3 is 2.71 bits per heavy atom. The highest BCUT2D eigenvalue weighted by Crippen LogP contribution is 2.20. The minimum Gasteiger partial charge on any atom is -0.392 e. The van der Waals surface area contributed by atoms with E-state index in [9.17, 15) is 12.8 Å². The van der Waals surface area contributed by atoms with E-state index in [1.54, 1.807) is 11.6 Å². The summed E-state index contributed by atoms with van der Waals surface area (Å²) in [5.74, 6) is -0.254. The number of benzene rings is 1. The SMILES string of the molecule is Cc1c(F)cc(CO)cc1S(=O)(=O)NCc1nncn1C. The molecular formula is C12H15FN4O3S. The number of hydrogen-bond donors (Lipinski definition) is 2. The second-order valence-electron chi connectivity index (χ2n) is 4.54. The largest absolute Gasteiger partial charge is 0.392 e. The number of nitrogens with one attached hydrogen (secondary N) is 1. The number of hydrogen-bond acceptors (Lipinski definition) is 5. The van der Waals surface area contributed by atoms with E-state index in [2.05, 4.69) is 14.9 Å². The summed E-state index contributed by atoms with van der Waals surface area (Å²) in [5, 5.41) is 16.5. The molecule has 114 valence electrons. The van der Waals surface area contributed by atoms with Crippen molar-refractivity contribution < 1.29 is 17.9 Å². The van der Waals surface area contributed by atoms with Gasteiger partial charge in [-0.05, 0) is 24.6 Å². The molecule has 2 rings (SSSR count). The van der Waals surface area contributed by atoms with Gasteiger partial charge in [0.05, 0.1) is 18.0 Å². The molecule has 0 spiro atoms. The predicted molar refractivity (Wildman–Crippen MR) is 72.1 cm³/mol. The van der Waals surface area contributed by atoms with Crippen LogP contribution in [0, 0.1) is 12.7 Å². The number of sulfonamides is 1. The summed E-state index contributed by atoms with van der Waals surface area (Å²) in [6.07, 6.45) is 1.45. The highest BCUT2D eigenvalue weighted by atomic mass is 32.2. The van der Waals surface area contributed by atoms with E-state index >= 15 is 0 Å². The van der Waals surface area contributed by atoms with Gasteiger partial charge in [-0.25, -0.2) is 17.5 Å². The van der Waals surface area contributed by atoms with Crippen molar-refractivity contribution in [1.29, 1.82) is 0 Å². The monoisotopic (exact) mass is 314 g/mol. The number of nitrogens with zero attached hydrogens (tertiary/aromatic N) is 3. The fourth-order valence-corrected chi connectivity index (χ4v) is 3.06. The molecule has 1 heterocycles. The highest BCUT2D eigenvalue weighted by Gasteiger charge is 2.20. The van der Waals surface area contributed by atoms with Gasteiger partial charge in [0.1, 0.15) is 18.0 Å². The van der Waals surface area contributed by atoms with Crippen molar-refractivity contribution in [2.45, 2.75) is 25.0 Å². The van der Waals surface area contributed by atoms with Crippen LogP contribution in [0.5, 0.6) is 0 Å². The maximum atomic E-state index is 13.7. The smallest absolute Gasteiger partial charge is 0.241 e. The van der Waals surface area contributed by atoms with Crippen molar-refractivity contribution in [2.75, 3.05) is 0 Å². The zero-order chi connectivity index (χ0) is 15.6. The quantitative estimate of drug-likeness (QED) is 0.823. The lowest BCUT2D eigenvalue weighted by molar-refractivity contribution is 0.281. The molecule has 0 aliphatic heterocycles. The van der Waals surface area contributed by atoms with Crippen molar-refractivity contribution in [3.05, 3.63) is 41.2 Å². The molecular weight excluding hydrogens is 299 g/mol. The molecule has 0 unspecified atom stereocenters. The van der Waals surface area contributed by atoms with Crippen molar-refractivity contribution >= 4 is 10.0 Å². The molecule has 9 heteroatoms. The maximum Gasteiger partial charge on any atom is 0.241 e. The third-order valence-corrected chi connectivity index (χ3v) is 4.58. The molecule has 1 aromatic carbocycles. The first-order valence-electron chi connectivity index (χ1n) is 6.07. The van der Waals surface area contributed by atoms with Gasteiger partial charge in [0.2, 0.25) is 10.0 Å². The van der Waals surface area contributed by atoms with Gasteiger partial charge in [0.15, 0.2) is 0 Å². The first kappa shape index (κ1) is 15.5. The van der Waals surface area contributed by atoms with E-state index < -0.39 is 22.4 Å². The summed E-state index contributed by atoms with van der Waals surface area (Å²) in [6.45, 7) is 0.861. The van der Waals surface area contributed by atoms with Crippen molar-refractivity contribution in [3.63, 3.8) is 0 Å². The van der Waals surface area contributed by atoms with E-state index in [4.69, 9.17) is 5.11 Å². The Balaban J connectivity index is 2.31. The molecule has 0 fully saturated rings.